The third kappa shape index (κ3) is 2.76. The summed E-state index contributed by atoms with van der Waals surface area (Å²) in [6.07, 6.45) is 3.27. The number of benzene rings is 2. The van der Waals surface area contributed by atoms with Gasteiger partial charge in [-0.05, 0) is 48.7 Å². The lowest BCUT2D eigenvalue weighted by Gasteiger charge is -2.19. The molecule has 0 atom stereocenters. The Morgan fingerprint density at radius 3 is 2.45 bits per heavy atom. The van der Waals surface area contributed by atoms with Gasteiger partial charge in [0.1, 0.15) is 5.75 Å². The third-order valence-electron chi connectivity index (χ3n) is 6.30. The van der Waals surface area contributed by atoms with E-state index >= 15 is 0 Å². The second-order valence-electron chi connectivity index (χ2n) is 7.79. The van der Waals surface area contributed by atoms with Gasteiger partial charge in [-0.2, -0.15) is 0 Å². The monoisotopic (exact) mass is 390 g/mol. The smallest absolute Gasteiger partial charge is 0.128 e. The minimum Gasteiger partial charge on any atom is -0.496 e. The van der Waals surface area contributed by atoms with E-state index in [2.05, 4.69) is 27.7 Å². The molecule has 5 rings (SSSR count). The summed E-state index contributed by atoms with van der Waals surface area (Å²) in [6.45, 7) is 2.03. The molecule has 2 aromatic carbocycles. The first kappa shape index (κ1) is 18.3. The second kappa shape index (κ2) is 7.25. The van der Waals surface area contributed by atoms with Crippen molar-refractivity contribution in [1.82, 2.24) is 4.57 Å². The summed E-state index contributed by atoms with van der Waals surface area (Å²) in [7, 11) is 1.66. The van der Waals surface area contributed by atoms with Crippen LogP contribution in [0.25, 0.3) is 16.9 Å². The van der Waals surface area contributed by atoms with Crippen molar-refractivity contribution in [3.63, 3.8) is 0 Å². The van der Waals surface area contributed by atoms with Crippen molar-refractivity contribution >= 4 is 5.69 Å². The van der Waals surface area contributed by atoms with E-state index < -0.39 is 0 Å². The van der Waals surface area contributed by atoms with E-state index in [1.165, 1.54) is 24.1 Å². The minimum absolute atomic E-state index is 0.0899. The van der Waals surface area contributed by atoms with Gasteiger partial charge in [-0.15, -0.1) is 0 Å². The molecule has 0 saturated carbocycles. The molecule has 2 aliphatic heterocycles. The zero-order chi connectivity index (χ0) is 20.0. The summed E-state index contributed by atoms with van der Waals surface area (Å²) in [6, 6.07) is 14.5. The third-order valence-corrected chi connectivity index (χ3v) is 6.30. The van der Waals surface area contributed by atoms with Crippen LogP contribution in [-0.2, 0) is 19.6 Å². The van der Waals surface area contributed by atoms with Crippen LogP contribution in [0.5, 0.6) is 5.75 Å². The van der Waals surface area contributed by atoms with E-state index in [1.54, 1.807) is 7.11 Å². The molecule has 0 bridgehead atoms. The molecule has 5 heteroatoms. The number of aromatic nitrogens is 1. The fourth-order valence-corrected chi connectivity index (χ4v) is 4.94. The van der Waals surface area contributed by atoms with E-state index in [9.17, 15) is 10.2 Å². The van der Waals surface area contributed by atoms with E-state index in [0.717, 1.165) is 59.0 Å². The number of fused-ring (bicyclic) bond motifs is 3. The number of anilines is 1. The molecule has 150 valence electrons. The highest BCUT2D eigenvalue weighted by Crippen LogP contribution is 2.44. The Balaban J connectivity index is 1.71. The Hall–Kier alpha value is -2.76. The molecule has 5 nitrogen and oxygen atoms in total. The van der Waals surface area contributed by atoms with Crippen molar-refractivity contribution in [3.8, 4) is 22.7 Å². The second-order valence-corrected chi connectivity index (χ2v) is 7.79. The Morgan fingerprint density at radius 2 is 1.72 bits per heavy atom. The first-order valence-corrected chi connectivity index (χ1v) is 10.3. The largest absolute Gasteiger partial charge is 0.496 e. The van der Waals surface area contributed by atoms with E-state index in [-0.39, 0.29) is 13.2 Å². The fourth-order valence-electron chi connectivity index (χ4n) is 4.94. The summed E-state index contributed by atoms with van der Waals surface area (Å²) < 4.78 is 7.82. The number of ether oxygens (including phenoxy) is 1. The molecular weight excluding hydrogens is 364 g/mol. The molecule has 3 heterocycles. The van der Waals surface area contributed by atoms with Crippen LogP contribution in [-0.4, -0.2) is 35.0 Å². The summed E-state index contributed by atoms with van der Waals surface area (Å²) in [4.78, 5) is 2.45. The molecule has 0 amide bonds. The predicted octanol–water partition coefficient (Wildman–Crippen LogP) is 3.64. The van der Waals surface area contributed by atoms with Gasteiger partial charge in [0.2, 0.25) is 0 Å². The first-order chi connectivity index (χ1) is 14.3. The minimum atomic E-state index is -0.121. The van der Waals surface area contributed by atoms with E-state index in [1.807, 2.05) is 24.3 Å². The van der Waals surface area contributed by atoms with Gasteiger partial charge in [0.15, 0.2) is 0 Å². The number of aliphatic hydroxyl groups is 2. The number of methoxy groups -OCH3 is 1. The summed E-state index contributed by atoms with van der Waals surface area (Å²) in [5, 5.41) is 20.3. The maximum Gasteiger partial charge on any atom is 0.128 e. The molecule has 1 aromatic heterocycles. The summed E-state index contributed by atoms with van der Waals surface area (Å²) >= 11 is 0. The molecule has 1 fully saturated rings. The van der Waals surface area contributed by atoms with Crippen LogP contribution in [0, 0.1) is 0 Å². The number of nitrogens with zero attached hydrogens (tertiary/aromatic N) is 2. The standard InChI is InChI=1S/C24H26N2O3/c1-29-23-7-3-2-6-18(23)24-20(15-28)19(14-27)22-13-16-12-17(25-10-4-5-11-25)8-9-21(16)26(22)24/h2-3,6-9,12,27-28H,4-5,10-11,13-15H2,1H3. The van der Waals surface area contributed by atoms with Crippen LogP contribution < -0.4 is 9.64 Å². The highest BCUT2D eigenvalue weighted by molar-refractivity contribution is 5.78. The van der Waals surface area contributed by atoms with Crippen molar-refractivity contribution in [1.29, 1.82) is 0 Å². The van der Waals surface area contributed by atoms with Crippen LogP contribution in [0.3, 0.4) is 0 Å². The van der Waals surface area contributed by atoms with Crippen LogP contribution >= 0.6 is 0 Å². The molecule has 0 unspecified atom stereocenters. The van der Waals surface area contributed by atoms with Crippen molar-refractivity contribution in [2.75, 3.05) is 25.1 Å². The van der Waals surface area contributed by atoms with Gasteiger partial charge in [0.05, 0.1) is 26.0 Å². The van der Waals surface area contributed by atoms with Crippen LogP contribution in [0.1, 0.15) is 35.2 Å². The molecule has 2 aliphatic rings. The number of para-hydroxylation sites is 1. The van der Waals surface area contributed by atoms with E-state index in [0.29, 0.717) is 0 Å². The van der Waals surface area contributed by atoms with Crippen molar-refractivity contribution in [2.24, 2.45) is 0 Å². The van der Waals surface area contributed by atoms with Crippen molar-refractivity contribution in [2.45, 2.75) is 32.5 Å². The van der Waals surface area contributed by atoms with Crippen LogP contribution in [0.15, 0.2) is 42.5 Å². The lowest BCUT2D eigenvalue weighted by atomic mass is 10.0. The van der Waals surface area contributed by atoms with Gasteiger partial charge in [-0.1, -0.05) is 12.1 Å². The molecule has 2 N–H and O–H groups in total. The SMILES string of the molecule is COc1ccccc1-c1c(CO)c(CO)c2n1-c1ccc(N3CCCC3)cc1C2. The molecule has 0 aliphatic carbocycles. The van der Waals surface area contributed by atoms with Gasteiger partial charge in [0.25, 0.3) is 0 Å². The van der Waals surface area contributed by atoms with Crippen molar-refractivity contribution in [3.05, 3.63) is 64.8 Å². The lowest BCUT2D eigenvalue weighted by Crippen LogP contribution is -2.17. The van der Waals surface area contributed by atoms with Crippen LogP contribution in [0.4, 0.5) is 5.69 Å². The molecule has 29 heavy (non-hydrogen) atoms. The Bertz CT molecular complexity index is 1060. The molecule has 0 spiro atoms. The lowest BCUT2D eigenvalue weighted by molar-refractivity contribution is 0.260. The number of hydrogen-bond donors (Lipinski definition) is 2. The maximum atomic E-state index is 10.2. The zero-order valence-corrected chi connectivity index (χ0v) is 16.7. The molecular formula is C24H26N2O3. The van der Waals surface area contributed by atoms with Gasteiger partial charge in [0, 0.05) is 53.3 Å². The maximum absolute atomic E-state index is 10.2. The van der Waals surface area contributed by atoms with Gasteiger partial charge in [-0.3, -0.25) is 0 Å². The number of rotatable bonds is 5. The highest BCUT2D eigenvalue weighted by Gasteiger charge is 2.31. The fraction of sp³-hybridized carbons (Fsp3) is 0.333. The van der Waals surface area contributed by atoms with Gasteiger partial charge >= 0.3 is 0 Å². The average Bonchev–Trinajstić information content (AvgIpc) is 3.47. The molecule has 3 aromatic rings. The number of aliphatic hydroxyl groups excluding tert-OH is 2. The molecule has 1 saturated heterocycles. The normalized spacial score (nSPS) is 14.9. The molecule has 0 radical (unpaired) electrons. The zero-order valence-electron chi connectivity index (χ0n) is 16.7. The van der Waals surface area contributed by atoms with Gasteiger partial charge in [-0.25, -0.2) is 0 Å². The topological polar surface area (TPSA) is 57.9 Å². The Morgan fingerprint density at radius 1 is 0.966 bits per heavy atom. The Labute approximate surface area is 170 Å². The average molecular weight is 390 g/mol. The first-order valence-electron chi connectivity index (χ1n) is 10.3. The van der Waals surface area contributed by atoms with E-state index in [4.69, 9.17) is 4.74 Å². The van der Waals surface area contributed by atoms with Crippen molar-refractivity contribution < 1.29 is 14.9 Å². The van der Waals surface area contributed by atoms with Gasteiger partial charge < -0.3 is 24.4 Å². The summed E-state index contributed by atoms with van der Waals surface area (Å²) in [5.41, 5.74) is 8.17. The Kier molecular flexibility index (Phi) is 4.57. The quantitative estimate of drug-likeness (QED) is 0.546. The summed E-state index contributed by atoms with van der Waals surface area (Å²) in [5.74, 6) is 0.758. The van der Waals surface area contributed by atoms with Crippen LogP contribution in [0.2, 0.25) is 0 Å². The highest BCUT2D eigenvalue weighted by atomic mass is 16.5. The predicted molar refractivity (Wildman–Crippen MR) is 114 cm³/mol. The number of hydrogen-bond acceptors (Lipinski definition) is 4.